The molecule has 2 N–H and O–H groups in total. The molecule has 0 saturated heterocycles. The maximum atomic E-state index is 12.2. The summed E-state index contributed by atoms with van der Waals surface area (Å²) in [6.45, 7) is 0.00769. The first-order valence-electron chi connectivity index (χ1n) is 4.67. The molecule has 2 aromatic heterocycles. The van der Waals surface area contributed by atoms with E-state index in [2.05, 4.69) is 0 Å². The van der Waals surface area contributed by atoms with Crippen molar-refractivity contribution in [3.63, 3.8) is 0 Å². The summed E-state index contributed by atoms with van der Waals surface area (Å²) in [6, 6.07) is 6.56. The van der Waals surface area contributed by atoms with Crippen LogP contribution in [0.5, 0.6) is 0 Å². The zero-order valence-corrected chi connectivity index (χ0v) is 11.2. The van der Waals surface area contributed by atoms with Gasteiger partial charge in [-0.05, 0) is 23.6 Å². The number of nitrogens with two attached hydrogens (primary N) is 1. The molecule has 7 heteroatoms. The molecule has 2 aromatic rings. The molecule has 1 unspecified atom stereocenters. The van der Waals surface area contributed by atoms with E-state index in [4.69, 9.17) is 10.2 Å². The van der Waals surface area contributed by atoms with Crippen molar-refractivity contribution in [2.75, 3.05) is 6.54 Å². The molecule has 17 heavy (non-hydrogen) atoms. The van der Waals surface area contributed by atoms with Gasteiger partial charge in [-0.3, -0.25) is 0 Å². The highest BCUT2D eigenvalue weighted by atomic mass is 35.5. The molecule has 0 aliphatic carbocycles. The molecule has 4 nitrogen and oxygen atoms in total. The van der Waals surface area contributed by atoms with Gasteiger partial charge in [-0.15, -0.1) is 23.7 Å². The fourth-order valence-electron chi connectivity index (χ4n) is 1.44. The summed E-state index contributed by atoms with van der Waals surface area (Å²) >= 11 is 1.19. The molecule has 0 amide bonds. The maximum Gasteiger partial charge on any atom is 0.199 e. The zero-order valence-electron chi connectivity index (χ0n) is 8.78. The standard InChI is InChI=1S/C10H11NO3S2.ClH/c11-7-9(8-3-1-5-14-8)16(12,13)10-4-2-6-15-10;/h1-6,9H,7,11H2;1H. The van der Waals surface area contributed by atoms with Crippen LogP contribution in [0.4, 0.5) is 0 Å². The molecule has 0 fully saturated rings. The largest absolute Gasteiger partial charge is 0.468 e. The van der Waals surface area contributed by atoms with Gasteiger partial charge in [-0.25, -0.2) is 8.42 Å². The number of halogens is 1. The lowest BCUT2D eigenvalue weighted by molar-refractivity contribution is 0.492. The van der Waals surface area contributed by atoms with Gasteiger partial charge in [0.2, 0.25) is 0 Å². The van der Waals surface area contributed by atoms with Crippen LogP contribution in [0, 0.1) is 0 Å². The van der Waals surface area contributed by atoms with E-state index in [1.54, 1.807) is 29.6 Å². The number of sulfone groups is 1. The van der Waals surface area contributed by atoms with E-state index in [1.807, 2.05) is 0 Å². The Morgan fingerprint density at radius 1 is 1.35 bits per heavy atom. The van der Waals surface area contributed by atoms with Crippen molar-refractivity contribution in [3.05, 3.63) is 41.7 Å². The molecule has 94 valence electrons. The number of hydrogen-bond donors (Lipinski definition) is 1. The summed E-state index contributed by atoms with van der Waals surface area (Å²) in [5.74, 6) is 0.385. The van der Waals surface area contributed by atoms with Gasteiger partial charge in [-0.2, -0.15) is 0 Å². The minimum absolute atomic E-state index is 0. The Labute approximate surface area is 110 Å². The molecular weight excluding hydrogens is 282 g/mol. The van der Waals surface area contributed by atoms with Gasteiger partial charge in [0.05, 0.1) is 6.26 Å². The van der Waals surface area contributed by atoms with Crippen LogP contribution in [0.25, 0.3) is 0 Å². The molecule has 1 atom stereocenters. The van der Waals surface area contributed by atoms with Crippen molar-refractivity contribution in [2.24, 2.45) is 5.73 Å². The topological polar surface area (TPSA) is 73.3 Å². The van der Waals surface area contributed by atoms with E-state index < -0.39 is 15.1 Å². The third kappa shape index (κ3) is 2.71. The molecule has 0 aliphatic heterocycles. The maximum absolute atomic E-state index is 12.2. The van der Waals surface area contributed by atoms with Gasteiger partial charge < -0.3 is 10.2 Å². The number of thiophene rings is 1. The minimum Gasteiger partial charge on any atom is -0.468 e. The van der Waals surface area contributed by atoms with Crippen molar-refractivity contribution < 1.29 is 12.8 Å². The zero-order chi connectivity index (χ0) is 11.6. The van der Waals surface area contributed by atoms with Crippen molar-refractivity contribution >= 4 is 33.6 Å². The van der Waals surface area contributed by atoms with E-state index in [-0.39, 0.29) is 19.0 Å². The normalized spacial score (nSPS) is 13.0. The smallest absolute Gasteiger partial charge is 0.199 e. The first-order valence-corrected chi connectivity index (χ1v) is 7.09. The summed E-state index contributed by atoms with van der Waals surface area (Å²) in [5.41, 5.74) is 5.52. The molecule has 2 rings (SSSR count). The second-order valence-corrected chi connectivity index (χ2v) is 6.52. The Hall–Kier alpha value is -0.820. The van der Waals surface area contributed by atoms with Crippen LogP contribution >= 0.6 is 23.7 Å². The van der Waals surface area contributed by atoms with Gasteiger partial charge >= 0.3 is 0 Å². The van der Waals surface area contributed by atoms with E-state index in [0.29, 0.717) is 9.97 Å². The monoisotopic (exact) mass is 293 g/mol. The highest BCUT2D eigenvalue weighted by molar-refractivity contribution is 7.93. The summed E-state index contributed by atoms with van der Waals surface area (Å²) in [6.07, 6.45) is 1.45. The van der Waals surface area contributed by atoms with Crippen molar-refractivity contribution in [3.8, 4) is 0 Å². The van der Waals surface area contributed by atoms with E-state index in [0.717, 1.165) is 0 Å². The summed E-state index contributed by atoms with van der Waals surface area (Å²) < 4.78 is 29.8. The lowest BCUT2D eigenvalue weighted by atomic mass is 10.3. The molecule has 0 bridgehead atoms. The van der Waals surface area contributed by atoms with Gasteiger partial charge in [0.15, 0.2) is 9.84 Å². The van der Waals surface area contributed by atoms with E-state index >= 15 is 0 Å². The van der Waals surface area contributed by atoms with Gasteiger partial charge in [0.25, 0.3) is 0 Å². The molecule has 2 heterocycles. The van der Waals surface area contributed by atoms with Crippen LogP contribution in [0.3, 0.4) is 0 Å². The Kier molecular flexibility index (Phi) is 4.76. The number of hydrogen-bond acceptors (Lipinski definition) is 5. The Morgan fingerprint density at radius 3 is 2.59 bits per heavy atom. The molecule has 0 radical (unpaired) electrons. The second kappa shape index (κ2) is 5.68. The fraction of sp³-hybridized carbons (Fsp3) is 0.200. The van der Waals surface area contributed by atoms with Crippen LogP contribution in [-0.4, -0.2) is 15.0 Å². The quantitative estimate of drug-likeness (QED) is 0.938. The molecule has 0 aromatic carbocycles. The Bertz CT molecular complexity index is 534. The van der Waals surface area contributed by atoms with Crippen LogP contribution in [0.1, 0.15) is 11.0 Å². The van der Waals surface area contributed by atoms with Crippen molar-refractivity contribution in [1.82, 2.24) is 0 Å². The highest BCUT2D eigenvalue weighted by Gasteiger charge is 2.30. The van der Waals surface area contributed by atoms with Crippen LogP contribution in [0.15, 0.2) is 44.5 Å². The summed E-state index contributed by atoms with van der Waals surface area (Å²) in [4.78, 5) is 0. The fourth-order valence-corrected chi connectivity index (χ4v) is 4.18. The summed E-state index contributed by atoms with van der Waals surface area (Å²) in [5, 5.41) is 0.920. The first-order chi connectivity index (χ1) is 7.66. The van der Waals surface area contributed by atoms with Crippen LogP contribution in [-0.2, 0) is 9.84 Å². The molecular formula is C10H12ClNO3S2. The van der Waals surface area contributed by atoms with Crippen molar-refractivity contribution in [1.29, 1.82) is 0 Å². The lowest BCUT2D eigenvalue weighted by Crippen LogP contribution is -2.21. The van der Waals surface area contributed by atoms with Gasteiger partial charge in [-0.1, -0.05) is 6.07 Å². The second-order valence-electron chi connectivity index (χ2n) is 3.22. The average molecular weight is 294 g/mol. The van der Waals surface area contributed by atoms with Gasteiger partial charge in [0, 0.05) is 6.54 Å². The third-order valence-electron chi connectivity index (χ3n) is 2.22. The van der Waals surface area contributed by atoms with E-state index in [1.165, 1.54) is 17.6 Å². The predicted molar refractivity (Wildman–Crippen MR) is 69.3 cm³/mol. The number of rotatable bonds is 4. The van der Waals surface area contributed by atoms with Crippen molar-refractivity contribution in [2.45, 2.75) is 9.46 Å². The third-order valence-corrected chi connectivity index (χ3v) is 5.74. The SMILES string of the molecule is Cl.NCC(c1ccco1)S(=O)(=O)c1cccs1. The Balaban J connectivity index is 0.00000144. The van der Waals surface area contributed by atoms with Crippen LogP contribution in [0.2, 0.25) is 0 Å². The van der Waals surface area contributed by atoms with Gasteiger partial charge in [0.1, 0.15) is 15.2 Å². The molecule has 0 spiro atoms. The molecule has 0 aliphatic rings. The first kappa shape index (κ1) is 14.2. The van der Waals surface area contributed by atoms with E-state index in [9.17, 15) is 8.42 Å². The predicted octanol–water partition coefficient (Wildman–Crippen LogP) is 2.24. The summed E-state index contributed by atoms with van der Waals surface area (Å²) in [7, 11) is -3.43. The molecule has 0 saturated carbocycles. The number of furan rings is 1. The van der Waals surface area contributed by atoms with Crippen LogP contribution < -0.4 is 5.73 Å². The minimum atomic E-state index is -3.43. The Morgan fingerprint density at radius 2 is 2.12 bits per heavy atom. The average Bonchev–Trinajstić information content (AvgIpc) is 2.91. The highest BCUT2D eigenvalue weighted by Crippen LogP contribution is 2.30. The lowest BCUT2D eigenvalue weighted by Gasteiger charge is -2.11.